The highest BCUT2D eigenvalue weighted by molar-refractivity contribution is 5.97. The molecule has 2 N–H and O–H groups in total. The van der Waals surface area contributed by atoms with Crippen LogP contribution in [0.3, 0.4) is 0 Å². The Kier molecular flexibility index (Phi) is 5.14. The molecule has 0 bridgehead atoms. The molecule has 1 aliphatic heterocycles. The number of rotatable bonds is 5. The quantitative estimate of drug-likeness (QED) is 0.877. The summed E-state index contributed by atoms with van der Waals surface area (Å²) in [5, 5.41) is 19.5. The maximum Gasteiger partial charge on any atom is 0.335 e. The molecule has 1 heterocycles. The van der Waals surface area contributed by atoms with Crippen molar-refractivity contribution in [3.05, 3.63) is 71.3 Å². The molecule has 0 saturated carbocycles. The zero-order chi connectivity index (χ0) is 17.8. The summed E-state index contributed by atoms with van der Waals surface area (Å²) in [4.78, 5) is 25.7. The van der Waals surface area contributed by atoms with E-state index in [1.165, 1.54) is 12.1 Å². The predicted molar refractivity (Wildman–Crippen MR) is 93.5 cm³/mol. The van der Waals surface area contributed by atoms with Crippen LogP contribution in [0.15, 0.2) is 54.6 Å². The summed E-state index contributed by atoms with van der Waals surface area (Å²) in [6, 6.07) is 15.5. The Balaban J connectivity index is 1.74. The number of hydrogen-bond donors (Lipinski definition) is 2. The normalized spacial score (nSPS) is 18.1. The van der Waals surface area contributed by atoms with Crippen LogP contribution in [0, 0.1) is 0 Å². The van der Waals surface area contributed by atoms with Gasteiger partial charge in [0.2, 0.25) is 0 Å². The van der Waals surface area contributed by atoms with Gasteiger partial charge in [0.05, 0.1) is 11.7 Å². The van der Waals surface area contributed by atoms with Gasteiger partial charge in [-0.3, -0.25) is 4.79 Å². The second-order valence-corrected chi connectivity index (χ2v) is 6.34. The minimum atomic E-state index is -1.05. The fraction of sp³-hybridized carbons (Fsp3) is 0.300. The summed E-state index contributed by atoms with van der Waals surface area (Å²) < 4.78 is 0. The van der Waals surface area contributed by atoms with Crippen LogP contribution >= 0.6 is 0 Å². The molecule has 3 rings (SSSR count). The van der Waals surface area contributed by atoms with E-state index in [9.17, 15) is 14.7 Å². The Morgan fingerprint density at radius 3 is 2.52 bits per heavy atom. The number of amides is 1. The number of hydrogen-bond acceptors (Lipinski definition) is 3. The summed E-state index contributed by atoms with van der Waals surface area (Å²) in [7, 11) is 0. The fourth-order valence-electron chi connectivity index (χ4n) is 3.37. The van der Waals surface area contributed by atoms with Crippen molar-refractivity contribution < 1.29 is 19.8 Å². The summed E-state index contributed by atoms with van der Waals surface area (Å²) in [5.41, 5.74) is 1.32. The average Bonchev–Trinajstić information content (AvgIpc) is 3.10. The molecule has 1 fully saturated rings. The Morgan fingerprint density at radius 1 is 1.08 bits per heavy atom. The number of aromatic carboxylic acids is 1. The molecule has 0 aromatic heterocycles. The van der Waals surface area contributed by atoms with E-state index in [0.29, 0.717) is 18.5 Å². The molecule has 1 aliphatic rings. The largest absolute Gasteiger partial charge is 0.478 e. The van der Waals surface area contributed by atoms with Gasteiger partial charge in [-0.2, -0.15) is 0 Å². The molecule has 2 aromatic carbocycles. The minimum Gasteiger partial charge on any atom is -0.478 e. The second kappa shape index (κ2) is 7.49. The maximum absolute atomic E-state index is 12.8. The molecule has 0 radical (unpaired) electrons. The Bertz CT molecular complexity index is 759. The molecule has 25 heavy (non-hydrogen) atoms. The molecule has 5 heteroatoms. The van der Waals surface area contributed by atoms with Gasteiger partial charge in [-0.15, -0.1) is 0 Å². The fourth-order valence-corrected chi connectivity index (χ4v) is 3.37. The van der Waals surface area contributed by atoms with E-state index in [4.69, 9.17) is 5.11 Å². The molecule has 0 spiro atoms. The molecule has 130 valence electrons. The topological polar surface area (TPSA) is 77.8 Å². The van der Waals surface area contributed by atoms with Crippen molar-refractivity contribution in [3.8, 4) is 0 Å². The Morgan fingerprint density at radius 2 is 1.80 bits per heavy atom. The van der Waals surface area contributed by atoms with Crippen molar-refractivity contribution in [2.24, 2.45) is 0 Å². The number of carbonyl (C=O) groups excluding carboxylic acids is 1. The molecular formula is C20H21NO4. The number of carboxylic acids is 1. The highest BCUT2D eigenvalue weighted by Gasteiger charge is 2.31. The number of carbonyl (C=O) groups is 2. The third-order valence-electron chi connectivity index (χ3n) is 4.67. The third-order valence-corrected chi connectivity index (χ3v) is 4.67. The van der Waals surface area contributed by atoms with Crippen molar-refractivity contribution in [1.29, 1.82) is 0 Å². The van der Waals surface area contributed by atoms with Crippen molar-refractivity contribution >= 4 is 11.9 Å². The van der Waals surface area contributed by atoms with E-state index in [1.54, 1.807) is 17.0 Å². The number of likely N-dealkylation sites (tertiary alicyclic amines) is 1. The number of aliphatic hydroxyl groups excluding tert-OH is 1. The summed E-state index contributed by atoms with van der Waals surface area (Å²) in [5.74, 6) is -1.22. The van der Waals surface area contributed by atoms with Gasteiger partial charge >= 0.3 is 5.97 Å². The van der Waals surface area contributed by atoms with Gasteiger partial charge in [-0.05, 0) is 43.0 Å². The van der Waals surface area contributed by atoms with E-state index in [1.807, 2.05) is 30.3 Å². The summed E-state index contributed by atoms with van der Waals surface area (Å²) in [6.45, 7) is 0.627. The lowest BCUT2D eigenvalue weighted by Crippen LogP contribution is -2.36. The van der Waals surface area contributed by atoms with Gasteiger partial charge < -0.3 is 15.1 Å². The standard InChI is InChI=1S/C20H21NO4/c22-18(14-6-2-1-3-7-14)13-17-10-5-11-21(17)19(23)15-8-4-9-16(12-15)20(24)25/h1-4,6-9,12,17-18,22H,5,10-11,13H2,(H,24,25)/t17-,18+/m1/s1. The summed E-state index contributed by atoms with van der Waals surface area (Å²) in [6.07, 6.45) is 1.59. The van der Waals surface area contributed by atoms with Crippen LogP contribution in [-0.2, 0) is 0 Å². The second-order valence-electron chi connectivity index (χ2n) is 6.34. The zero-order valence-corrected chi connectivity index (χ0v) is 13.8. The number of nitrogens with zero attached hydrogens (tertiary/aromatic N) is 1. The molecule has 2 atom stereocenters. The van der Waals surface area contributed by atoms with Crippen molar-refractivity contribution in [1.82, 2.24) is 4.90 Å². The SMILES string of the molecule is O=C(O)c1cccc(C(=O)N2CCC[C@@H]2C[C@H](O)c2ccccc2)c1. The van der Waals surface area contributed by atoms with Gasteiger partial charge in [0, 0.05) is 18.2 Å². The van der Waals surface area contributed by atoms with Crippen molar-refractivity contribution in [3.63, 3.8) is 0 Å². The molecule has 5 nitrogen and oxygen atoms in total. The molecule has 0 aliphatic carbocycles. The highest BCUT2D eigenvalue weighted by Crippen LogP contribution is 2.28. The van der Waals surface area contributed by atoms with Crippen molar-refractivity contribution in [2.75, 3.05) is 6.54 Å². The lowest BCUT2D eigenvalue weighted by Gasteiger charge is -2.27. The first-order valence-electron chi connectivity index (χ1n) is 8.43. The van der Waals surface area contributed by atoms with Gasteiger partial charge in [-0.25, -0.2) is 4.79 Å². The molecule has 1 saturated heterocycles. The molecular weight excluding hydrogens is 318 g/mol. The van der Waals surface area contributed by atoms with E-state index in [0.717, 1.165) is 18.4 Å². The van der Waals surface area contributed by atoms with Gasteiger partial charge in [-0.1, -0.05) is 36.4 Å². The molecule has 1 amide bonds. The van der Waals surface area contributed by atoms with Crippen molar-refractivity contribution in [2.45, 2.75) is 31.4 Å². The maximum atomic E-state index is 12.8. The smallest absolute Gasteiger partial charge is 0.335 e. The predicted octanol–water partition coefficient (Wildman–Crippen LogP) is 3.11. The van der Waals surface area contributed by atoms with Gasteiger partial charge in [0.25, 0.3) is 5.91 Å². The molecule has 2 aromatic rings. The minimum absolute atomic E-state index is 0.0452. The van der Waals surface area contributed by atoms with Crippen LogP contribution < -0.4 is 0 Å². The molecule has 0 unspecified atom stereocenters. The first-order chi connectivity index (χ1) is 12.1. The third kappa shape index (κ3) is 3.88. The van der Waals surface area contributed by atoms with Crippen LogP contribution in [0.2, 0.25) is 0 Å². The van der Waals surface area contributed by atoms with Crippen LogP contribution in [0.1, 0.15) is 51.6 Å². The van der Waals surface area contributed by atoms with Gasteiger partial charge in [0.15, 0.2) is 0 Å². The Labute approximate surface area is 146 Å². The monoisotopic (exact) mass is 339 g/mol. The van der Waals surface area contributed by atoms with Gasteiger partial charge in [0.1, 0.15) is 0 Å². The number of benzene rings is 2. The summed E-state index contributed by atoms with van der Waals surface area (Å²) >= 11 is 0. The van der Waals surface area contributed by atoms with E-state index in [-0.39, 0.29) is 17.5 Å². The average molecular weight is 339 g/mol. The first kappa shape index (κ1) is 17.2. The van der Waals surface area contributed by atoms with E-state index < -0.39 is 12.1 Å². The zero-order valence-electron chi connectivity index (χ0n) is 13.8. The van der Waals surface area contributed by atoms with E-state index >= 15 is 0 Å². The lowest BCUT2D eigenvalue weighted by atomic mass is 10.00. The highest BCUT2D eigenvalue weighted by atomic mass is 16.4. The van der Waals surface area contributed by atoms with Crippen LogP contribution in [0.5, 0.6) is 0 Å². The number of aliphatic hydroxyl groups is 1. The number of carboxylic acid groups (broad SMARTS) is 1. The van der Waals surface area contributed by atoms with Crippen LogP contribution in [-0.4, -0.2) is 39.6 Å². The first-order valence-corrected chi connectivity index (χ1v) is 8.43. The lowest BCUT2D eigenvalue weighted by molar-refractivity contribution is 0.0667. The van der Waals surface area contributed by atoms with E-state index in [2.05, 4.69) is 0 Å². The van der Waals surface area contributed by atoms with Crippen LogP contribution in [0.25, 0.3) is 0 Å². The van der Waals surface area contributed by atoms with Crippen LogP contribution in [0.4, 0.5) is 0 Å². The Hall–Kier alpha value is -2.66.